The lowest BCUT2D eigenvalue weighted by atomic mass is 10.2. The third-order valence-corrected chi connectivity index (χ3v) is 3.17. The topological polar surface area (TPSA) is 74.3 Å². The number of anilines is 3. The third-order valence-electron chi connectivity index (χ3n) is 2.48. The fourth-order valence-electron chi connectivity index (χ4n) is 1.49. The zero-order valence-electron chi connectivity index (χ0n) is 11.1. The van der Waals surface area contributed by atoms with E-state index in [0.29, 0.717) is 10.8 Å². The van der Waals surface area contributed by atoms with Crippen LogP contribution in [0.1, 0.15) is 0 Å². The van der Waals surface area contributed by atoms with Crippen LogP contribution < -0.4 is 15.5 Å². The van der Waals surface area contributed by atoms with E-state index in [1.807, 2.05) is 31.1 Å². The molecule has 1 heterocycles. The second-order valence-corrected chi connectivity index (χ2v) is 5.08. The van der Waals surface area contributed by atoms with E-state index in [0.717, 1.165) is 5.69 Å². The molecule has 0 radical (unpaired) electrons. The van der Waals surface area contributed by atoms with E-state index in [1.54, 1.807) is 23.7 Å². The summed E-state index contributed by atoms with van der Waals surface area (Å²) >= 11 is 1.25. The van der Waals surface area contributed by atoms with Crippen molar-refractivity contribution in [2.24, 2.45) is 0 Å². The predicted molar refractivity (Wildman–Crippen MR) is 80.1 cm³/mol. The van der Waals surface area contributed by atoms with Gasteiger partial charge in [-0.25, -0.2) is 4.98 Å². The Morgan fingerprint density at radius 1 is 1.20 bits per heavy atom. The Morgan fingerprint density at radius 3 is 2.60 bits per heavy atom. The number of carbonyl (C=O) groups is 2. The van der Waals surface area contributed by atoms with E-state index >= 15 is 0 Å². The quantitative estimate of drug-likeness (QED) is 0.845. The number of nitrogens with zero attached hydrogens (tertiary/aromatic N) is 2. The molecule has 0 aliphatic carbocycles. The number of hydrogen-bond acceptors (Lipinski definition) is 5. The molecule has 1 aromatic carbocycles. The van der Waals surface area contributed by atoms with Crippen molar-refractivity contribution in [2.75, 3.05) is 29.6 Å². The monoisotopic (exact) mass is 290 g/mol. The van der Waals surface area contributed by atoms with Crippen molar-refractivity contribution in [3.63, 3.8) is 0 Å². The first-order valence-corrected chi connectivity index (χ1v) is 6.73. The Labute approximate surface area is 120 Å². The van der Waals surface area contributed by atoms with Crippen LogP contribution in [-0.4, -0.2) is 30.9 Å². The first-order valence-electron chi connectivity index (χ1n) is 5.85. The summed E-state index contributed by atoms with van der Waals surface area (Å²) in [6.45, 7) is 0. The smallest absolute Gasteiger partial charge is 0.315 e. The maximum Gasteiger partial charge on any atom is 0.315 e. The molecule has 1 aromatic heterocycles. The largest absolute Gasteiger partial charge is 0.378 e. The number of benzene rings is 1. The van der Waals surface area contributed by atoms with Crippen molar-refractivity contribution in [2.45, 2.75) is 0 Å². The summed E-state index contributed by atoms with van der Waals surface area (Å²) < 4.78 is 0. The molecule has 0 fully saturated rings. The highest BCUT2D eigenvalue weighted by Gasteiger charge is 2.15. The van der Waals surface area contributed by atoms with Crippen LogP contribution in [0.15, 0.2) is 35.8 Å². The lowest BCUT2D eigenvalue weighted by molar-refractivity contribution is -0.132. The van der Waals surface area contributed by atoms with Gasteiger partial charge in [-0.2, -0.15) is 0 Å². The number of hydrogen-bond donors (Lipinski definition) is 2. The summed E-state index contributed by atoms with van der Waals surface area (Å²) in [5.41, 5.74) is 1.50. The summed E-state index contributed by atoms with van der Waals surface area (Å²) in [5, 5.41) is 7.09. The van der Waals surface area contributed by atoms with Crippen LogP contribution in [0.5, 0.6) is 0 Å². The van der Waals surface area contributed by atoms with Crippen LogP contribution in [0.4, 0.5) is 16.5 Å². The van der Waals surface area contributed by atoms with Crippen molar-refractivity contribution < 1.29 is 9.59 Å². The minimum atomic E-state index is -0.741. The van der Waals surface area contributed by atoms with Crippen LogP contribution in [0.2, 0.25) is 0 Å². The standard InChI is InChI=1S/C13H14N4O2S/c1-17(2)10-5-3-4-9(8-10)15-11(18)12(19)16-13-14-6-7-20-13/h3-8H,1-2H3,(H,15,18)(H,14,16,19). The zero-order valence-corrected chi connectivity index (χ0v) is 11.9. The van der Waals surface area contributed by atoms with Crippen LogP contribution in [-0.2, 0) is 9.59 Å². The third kappa shape index (κ3) is 3.55. The van der Waals surface area contributed by atoms with E-state index in [9.17, 15) is 9.59 Å². The van der Waals surface area contributed by atoms with E-state index in [-0.39, 0.29) is 0 Å². The lowest BCUT2D eigenvalue weighted by Gasteiger charge is -2.13. The molecule has 6 nitrogen and oxygen atoms in total. The highest BCUT2D eigenvalue weighted by Crippen LogP contribution is 2.17. The Morgan fingerprint density at radius 2 is 1.95 bits per heavy atom. The minimum Gasteiger partial charge on any atom is -0.378 e. The number of thiazole rings is 1. The Hall–Kier alpha value is -2.41. The SMILES string of the molecule is CN(C)c1cccc(NC(=O)C(=O)Nc2nccs2)c1. The summed E-state index contributed by atoms with van der Waals surface area (Å²) in [6, 6.07) is 7.23. The number of rotatable bonds is 3. The van der Waals surface area contributed by atoms with Gasteiger partial charge >= 0.3 is 11.8 Å². The van der Waals surface area contributed by atoms with Gasteiger partial charge in [0, 0.05) is 37.0 Å². The fourth-order valence-corrected chi connectivity index (χ4v) is 2.01. The van der Waals surface area contributed by atoms with Gasteiger partial charge in [0.25, 0.3) is 0 Å². The molecule has 104 valence electrons. The summed E-state index contributed by atoms with van der Waals surface area (Å²) in [7, 11) is 3.80. The van der Waals surface area contributed by atoms with Gasteiger partial charge in [-0.05, 0) is 18.2 Å². The molecule has 0 bridgehead atoms. The fraction of sp³-hybridized carbons (Fsp3) is 0.154. The molecule has 2 aromatic rings. The van der Waals surface area contributed by atoms with E-state index < -0.39 is 11.8 Å². The summed E-state index contributed by atoms with van der Waals surface area (Å²) in [4.78, 5) is 29.2. The number of amides is 2. The average molecular weight is 290 g/mol. The maximum absolute atomic E-state index is 11.8. The van der Waals surface area contributed by atoms with Crippen LogP contribution >= 0.6 is 11.3 Å². The van der Waals surface area contributed by atoms with E-state index in [2.05, 4.69) is 15.6 Å². The molecule has 0 spiro atoms. The van der Waals surface area contributed by atoms with Crippen LogP contribution in [0, 0.1) is 0 Å². The molecular formula is C13H14N4O2S. The molecule has 0 saturated heterocycles. The molecule has 2 amide bonds. The van der Waals surface area contributed by atoms with Gasteiger partial charge in [0.15, 0.2) is 5.13 Å². The van der Waals surface area contributed by atoms with Crippen molar-refractivity contribution >= 4 is 39.7 Å². The number of carbonyl (C=O) groups excluding carboxylic acids is 2. The van der Waals surface area contributed by atoms with Gasteiger partial charge < -0.3 is 10.2 Å². The minimum absolute atomic E-state index is 0.396. The summed E-state index contributed by atoms with van der Waals surface area (Å²) in [5.74, 6) is -1.47. The molecule has 2 rings (SSSR count). The van der Waals surface area contributed by atoms with Gasteiger partial charge in [0.2, 0.25) is 0 Å². The molecular weight excluding hydrogens is 276 g/mol. The second kappa shape index (κ2) is 6.16. The van der Waals surface area contributed by atoms with Gasteiger partial charge in [0.1, 0.15) is 0 Å². The van der Waals surface area contributed by atoms with Crippen molar-refractivity contribution in [3.05, 3.63) is 35.8 Å². The Bertz CT molecular complexity index is 611. The first-order chi connectivity index (χ1) is 9.56. The Kier molecular flexibility index (Phi) is 4.31. The maximum atomic E-state index is 11.8. The molecule has 0 aliphatic heterocycles. The average Bonchev–Trinajstić information content (AvgIpc) is 2.91. The molecule has 20 heavy (non-hydrogen) atoms. The zero-order chi connectivity index (χ0) is 14.5. The van der Waals surface area contributed by atoms with Crippen molar-refractivity contribution in [1.82, 2.24) is 4.98 Å². The summed E-state index contributed by atoms with van der Waals surface area (Å²) in [6.07, 6.45) is 1.55. The van der Waals surface area contributed by atoms with E-state index in [4.69, 9.17) is 0 Å². The van der Waals surface area contributed by atoms with Crippen molar-refractivity contribution in [1.29, 1.82) is 0 Å². The van der Waals surface area contributed by atoms with Crippen LogP contribution in [0.3, 0.4) is 0 Å². The predicted octanol–water partition coefficient (Wildman–Crippen LogP) is 1.79. The molecule has 0 atom stereocenters. The number of nitrogens with one attached hydrogen (secondary N) is 2. The Balaban J connectivity index is 2.00. The highest BCUT2D eigenvalue weighted by atomic mass is 32.1. The van der Waals surface area contributed by atoms with Crippen LogP contribution in [0.25, 0.3) is 0 Å². The molecule has 7 heteroatoms. The normalized spacial score (nSPS) is 9.90. The van der Waals surface area contributed by atoms with E-state index in [1.165, 1.54) is 11.3 Å². The molecule has 0 unspecified atom stereocenters. The van der Waals surface area contributed by atoms with Gasteiger partial charge in [-0.15, -0.1) is 11.3 Å². The molecule has 0 saturated carbocycles. The highest BCUT2D eigenvalue weighted by molar-refractivity contribution is 7.13. The van der Waals surface area contributed by atoms with Crippen molar-refractivity contribution in [3.8, 4) is 0 Å². The first kappa shape index (κ1) is 14.0. The molecule has 2 N–H and O–H groups in total. The van der Waals surface area contributed by atoms with Gasteiger partial charge in [-0.3, -0.25) is 14.9 Å². The number of aromatic nitrogens is 1. The van der Waals surface area contributed by atoms with Gasteiger partial charge in [-0.1, -0.05) is 6.07 Å². The van der Waals surface area contributed by atoms with Gasteiger partial charge in [0.05, 0.1) is 0 Å². The molecule has 0 aliphatic rings. The lowest BCUT2D eigenvalue weighted by Crippen LogP contribution is -2.29. The second-order valence-electron chi connectivity index (χ2n) is 4.19.